The van der Waals surface area contributed by atoms with Crippen molar-refractivity contribution in [2.45, 2.75) is 50.7 Å². The molecule has 0 bridgehead atoms. The van der Waals surface area contributed by atoms with Gasteiger partial charge in [-0.3, -0.25) is 9.36 Å². The van der Waals surface area contributed by atoms with Crippen LogP contribution in [0.5, 0.6) is 0 Å². The number of benzene rings is 2. The van der Waals surface area contributed by atoms with Gasteiger partial charge in [0.2, 0.25) is 5.71 Å². The van der Waals surface area contributed by atoms with E-state index in [0.29, 0.717) is 35.5 Å². The quantitative estimate of drug-likeness (QED) is 0.457. The maximum Gasteiger partial charge on any atom is 0.265 e. The minimum Gasteiger partial charge on any atom is -0.437 e. The van der Waals surface area contributed by atoms with Crippen molar-refractivity contribution in [3.8, 4) is 22.5 Å². The van der Waals surface area contributed by atoms with Gasteiger partial charge in [0.1, 0.15) is 17.0 Å². The number of nitrogens with zero attached hydrogens (tertiary/aromatic N) is 2. The van der Waals surface area contributed by atoms with Crippen molar-refractivity contribution >= 4 is 11.1 Å². The van der Waals surface area contributed by atoms with Gasteiger partial charge in [-0.1, -0.05) is 54.6 Å². The Balaban J connectivity index is 1.69. The summed E-state index contributed by atoms with van der Waals surface area (Å²) in [6.45, 7) is 1.73. The fourth-order valence-corrected chi connectivity index (χ4v) is 4.62. The second kappa shape index (κ2) is 8.28. The van der Waals surface area contributed by atoms with Crippen molar-refractivity contribution in [2.24, 2.45) is 12.8 Å². The van der Waals surface area contributed by atoms with Crippen LogP contribution in [0, 0.1) is 0 Å². The summed E-state index contributed by atoms with van der Waals surface area (Å²) in [6.07, 6.45) is 3.70. The van der Waals surface area contributed by atoms with Gasteiger partial charge in [0.15, 0.2) is 0 Å². The smallest absolute Gasteiger partial charge is 0.265 e. The molecule has 0 spiro atoms. The summed E-state index contributed by atoms with van der Waals surface area (Å²) in [4.78, 5) is 18.1. The van der Waals surface area contributed by atoms with Gasteiger partial charge in [-0.05, 0) is 43.7 Å². The van der Waals surface area contributed by atoms with Crippen LogP contribution < -0.4 is 11.3 Å². The van der Waals surface area contributed by atoms with E-state index in [0.717, 1.165) is 41.5 Å². The van der Waals surface area contributed by atoms with Crippen molar-refractivity contribution in [1.82, 2.24) is 9.55 Å². The first-order chi connectivity index (χ1) is 15.9. The van der Waals surface area contributed by atoms with E-state index in [4.69, 9.17) is 10.2 Å². The molecule has 1 atom stereocenters. The molecule has 170 valence electrons. The Hall–Kier alpha value is -3.22. The molecule has 0 saturated heterocycles. The molecule has 4 aromatic rings. The molecule has 2 aromatic carbocycles. The van der Waals surface area contributed by atoms with Gasteiger partial charge in [-0.2, -0.15) is 4.98 Å². The molecule has 0 aliphatic heterocycles. The van der Waals surface area contributed by atoms with Crippen LogP contribution in [0.25, 0.3) is 33.6 Å². The van der Waals surface area contributed by atoms with Crippen molar-refractivity contribution in [3.05, 3.63) is 76.3 Å². The molecule has 1 aliphatic carbocycles. The lowest BCUT2D eigenvalue weighted by molar-refractivity contribution is 0.183. The molecule has 5 rings (SSSR count). The standard InChI is InChI=1S/C27H29N3O3/c1-17(31)9-14-21-29-25-23(26(32)30(21)2)22(18-7-4-3-5-8-18)24(33-25)19-10-12-20(13-11-19)27(28)15-6-16-27/h3-5,7-8,10-13,17,31H,6,9,14-16,28H2,1-2H3/t17-/m1/s1. The van der Waals surface area contributed by atoms with E-state index in [9.17, 15) is 9.90 Å². The summed E-state index contributed by atoms with van der Waals surface area (Å²) in [5.74, 6) is 1.22. The molecule has 1 aliphatic rings. The predicted molar refractivity (Wildman–Crippen MR) is 130 cm³/mol. The highest BCUT2D eigenvalue weighted by Gasteiger charge is 2.34. The van der Waals surface area contributed by atoms with Crippen LogP contribution in [0.4, 0.5) is 0 Å². The summed E-state index contributed by atoms with van der Waals surface area (Å²) in [6, 6.07) is 18.0. The molecular formula is C27H29N3O3. The van der Waals surface area contributed by atoms with Gasteiger partial charge in [0.05, 0.1) is 6.10 Å². The Kier molecular flexibility index (Phi) is 5.43. The number of nitrogens with two attached hydrogens (primary N) is 1. The SMILES string of the molecule is C[C@@H](O)CCc1nc2oc(-c3ccc(C4(N)CCC4)cc3)c(-c3ccccc3)c2c(=O)n1C. The van der Waals surface area contributed by atoms with Gasteiger partial charge in [-0.25, -0.2) is 0 Å². The zero-order valence-corrected chi connectivity index (χ0v) is 19.0. The molecule has 1 saturated carbocycles. The minimum atomic E-state index is -0.468. The Labute approximate surface area is 192 Å². The highest BCUT2D eigenvalue weighted by Crippen LogP contribution is 2.42. The fraction of sp³-hybridized carbons (Fsp3) is 0.333. The number of aliphatic hydroxyl groups is 1. The Bertz CT molecular complexity index is 1350. The average molecular weight is 444 g/mol. The number of fused-ring (bicyclic) bond motifs is 1. The number of rotatable bonds is 6. The molecule has 2 heterocycles. The average Bonchev–Trinajstić information content (AvgIpc) is 3.19. The van der Waals surface area contributed by atoms with Gasteiger partial charge < -0.3 is 15.3 Å². The molecule has 6 nitrogen and oxygen atoms in total. The van der Waals surface area contributed by atoms with Crippen molar-refractivity contribution in [1.29, 1.82) is 0 Å². The zero-order chi connectivity index (χ0) is 23.2. The van der Waals surface area contributed by atoms with Gasteiger partial charge in [0.25, 0.3) is 5.56 Å². The Morgan fingerprint density at radius 2 is 1.82 bits per heavy atom. The number of aryl methyl sites for hydroxylation is 1. The summed E-state index contributed by atoms with van der Waals surface area (Å²) in [5.41, 5.74) is 10.1. The van der Waals surface area contributed by atoms with Crippen LogP contribution in [0.3, 0.4) is 0 Å². The second-order valence-corrected chi connectivity index (χ2v) is 9.22. The van der Waals surface area contributed by atoms with E-state index in [2.05, 4.69) is 17.1 Å². The Morgan fingerprint density at radius 3 is 2.42 bits per heavy atom. The van der Waals surface area contributed by atoms with Crippen LogP contribution >= 0.6 is 0 Å². The largest absolute Gasteiger partial charge is 0.437 e. The van der Waals surface area contributed by atoms with Crippen molar-refractivity contribution in [2.75, 3.05) is 0 Å². The number of aromatic nitrogens is 2. The second-order valence-electron chi connectivity index (χ2n) is 9.22. The summed E-state index contributed by atoms with van der Waals surface area (Å²) in [5, 5.41) is 10.2. The zero-order valence-electron chi connectivity index (χ0n) is 19.0. The molecule has 6 heteroatoms. The third-order valence-corrected chi connectivity index (χ3v) is 6.84. The molecule has 3 N–H and O–H groups in total. The van der Waals surface area contributed by atoms with Crippen LogP contribution in [-0.4, -0.2) is 20.8 Å². The summed E-state index contributed by atoms with van der Waals surface area (Å²) < 4.78 is 7.83. The van der Waals surface area contributed by atoms with E-state index >= 15 is 0 Å². The number of aliphatic hydroxyl groups excluding tert-OH is 1. The first-order valence-electron chi connectivity index (χ1n) is 11.5. The van der Waals surface area contributed by atoms with Crippen molar-refractivity contribution < 1.29 is 9.52 Å². The topological polar surface area (TPSA) is 94.3 Å². The van der Waals surface area contributed by atoms with Crippen LogP contribution in [0.1, 0.15) is 44.0 Å². The van der Waals surface area contributed by atoms with Crippen LogP contribution in [0.2, 0.25) is 0 Å². The van der Waals surface area contributed by atoms with Crippen molar-refractivity contribution in [3.63, 3.8) is 0 Å². The molecule has 0 unspecified atom stereocenters. The Morgan fingerprint density at radius 1 is 1.12 bits per heavy atom. The number of hydrogen-bond donors (Lipinski definition) is 2. The fourth-order valence-electron chi connectivity index (χ4n) is 4.62. The van der Waals surface area contributed by atoms with Gasteiger partial charge >= 0.3 is 0 Å². The number of furan rings is 1. The van der Waals surface area contributed by atoms with Gasteiger partial charge in [0, 0.05) is 30.1 Å². The molecular weight excluding hydrogens is 414 g/mol. The highest BCUT2D eigenvalue weighted by atomic mass is 16.3. The lowest BCUT2D eigenvalue weighted by Gasteiger charge is -2.38. The van der Waals surface area contributed by atoms with E-state index in [1.54, 1.807) is 18.5 Å². The lowest BCUT2D eigenvalue weighted by Crippen LogP contribution is -2.43. The summed E-state index contributed by atoms with van der Waals surface area (Å²) >= 11 is 0. The first kappa shape index (κ1) is 21.6. The van der Waals surface area contributed by atoms with E-state index < -0.39 is 6.10 Å². The van der Waals surface area contributed by atoms with Crippen LogP contribution in [0.15, 0.2) is 63.8 Å². The molecule has 33 heavy (non-hydrogen) atoms. The lowest BCUT2D eigenvalue weighted by atomic mass is 9.72. The molecule has 1 fully saturated rings. The maximum absolute atomic E-state index is 13.4. The van der Waals surface area contributed by atoms with E-state index in [1.807, 2.05) is 42.5 Å². The molecule has 2 aromatic heterocycles. The maximum atomic E-state index is 13.4. The first-order valence-corrected chi connectivity index (χ1v) is 11.5. The third kappa shape index (κ3) is 3.79. The molecule has 0 radical (unpaired) electrons. The van der Waals surface area contributed by atoms with E-state index in [1.165, 1.54) is 0 Å². The van der Waals surface area contributed by atoms with Crippen LogP contribution in [-0.2, 0) is 19.0 Å². The number of hydrogen-bond acceptors (Lipinski definition) is 5. The van der Waals surface area contributed by atoms with Gasteiger partial charge in [-0.15, -0.1) is 0 Å². The summed E-state index contributed by atoms with van der Waals surface area (Å²) in [7, 11) is 1.72. The normalized spacial score (nSPS) is 16.0. The third-order valence-electron chi connectivity index (χ3n) is 6.84. The van der Waals surface area contributed by atoms with E-state index in [-0.39, 0.29) is 11.1 Å². The molecule has 0 amide bonds. The minimum absolute atomic E-state index is 0.151. The predicted octanol–water partition coefficient (Wildman–Crippen LogP) is 4.51. The monoisotopic (exact) mass is 443 g/mol. The highest BCUT2D eigenvalue weighted by molar-refractivity contribution is 6.00.